The lowest BCUT2D eigenvalue weighted by Gasteiger charge is -2.29. The van der Waals surface area contributed by atoms with Gasteiger partial charge in [0.05, 0.1) is 22.3 Å². The summed E-state index contributed by atoms with van der Waals surface area (Å²) < 4.78 is 28.2. The van der Waals surface area contributed by atoms with Crippen molar-refractivity contribution >= 4 is 32.4 Å². The molecule has 0 saturated heterocycles. The maximum atomic E-state index is 13.3. The molecule has 1 N–H and O–H groups in total. The second kappa shape index (κ2) is 9.52. The Balaban J connectivity index is 1.35. The monoisotopic (exact) mass is 472 g/mol. The van der Waals surface area contributed by atoms with E-state index in [1.807, 2.05) is 48.5 Å². The van der Waals surface area contributed by atoms with Gasteiger partial charge >= 0.3 is 0 Å². The lowest BCUT2D eigenvalue weighted by molar-refractivity contribution is 0.391. The molecule has 3 heterocycles. The second-order valence-corrected chi connectivity index (χ2v) is 10.6. The van der Waals surface area contributed by atoms with Crippen LogP contribution in [0.25, 0.3) is 10.9 Å². The molecule has 0 unspecified atom stereocenters. The van der Waals surface area contributed by atoms with E-state index in [9.17, 15) is 8.42 Å². The fraction of sp³-hybridized carbons (Fsp3) is 0.259. The molecule has 0 amide bonds. The summed E-state index contributed by atoms with van der Waals surface area (Å²) in [6, 6.07) is 19.3. The van der Waals surface area contributed by atoms with Gasteiger partial charge in [-0.3, -0.25) is 4.98 Å². The number of unbranched alkanes of at least 4 members (excludes halogenated alkanes) is 1. The number of sulfonamides is 1. The van der Waals surface area contributed by atoms with E-state index in [4.69, 9.17) is 0 Å². The number of nitrogens with zero attached hydrogens (tertiary/aromatic N) is 3. The molecule has 174 valence electrons. The van der Waals surface area contributed by atoms with Crippen LogP contribution in [-0.4, -0.2) is 29.2 Å². The van der Waals surface area contributed by atoms with Crippen LogP contribution in [0.4, 0.5) is 11.5 Å². The number of rotatable bonds is 7. The third-order valence-corrected chi connectivity index (χ3v) is 8.20. The van der Waals surface area contributed by atoms with Gasteiger partial charge in [-0.2, -0.15) is 4.31 Å². The highest BCUT2D eigenvalue weighted by Crippen LogP contribution is 2.30. The molecule has 5 rings (SSSR count). The van der Waals surface area contributed by atoms with Crippen LogP contribution in [0, 0.1) is 0 Å². The van der Waals surface area contributed by atoms with E-state index in [0.29, 0.717) is 24.4 Å². The van der Waals surface area contributed by atoms with Crippen LogP contribution in [-0.2, 0) is 29.4 Å². The van der Waals surface area contributed by atoms with Gasteiger partial charge in [0.1, 0.15) is 5.82 Å². The molecule has 0 bridgehead atoms. The highest BCUT2D eigenvalue weighted by Gasteiger charge is 2.29. The molecule has 0 saturated carbocycles. The van der Waals surface area contributed by atoms with E-state index in [0.717, 1.165) is 52.8 Å². The number of aromatic nitrogens is 2. The Morgan fingerprint density at radius 1 is 1.03 bits per heavy atom. The molecule has 0 atom stereocenters. The summed E-state index contributed by atoms with van der Waals surface area (Å²) in [4.78, 5) is 9.40. The van der Waals surface area contributed by atoms with E-state index in [2.05, 4.69) is 22.2 Å². The molecule has 0 spiro atoms. The zero-order valence-corrected chi connectivity index (χ0v) is 20.1. The molecule has 1 aliphatic heterocycles. The van der Waals surface area contributed by atoms with E-state index < -0.39 is 10.0 Å². The Bertz CT molecular complexity index is 1420. The fourth-order valence-electron chi connectivity index (χ4n) is 4.41. The number of hydrogen-bond donors (Lipinski definition) is 1. The third-order valence-electron chi connectivity index (χ3n) is 6.34. The molecule has 1 aliphatic rings. The van der Waals surface area contributed by atoms with Crippen molar-refractivity contribution < 1.29 is 8.42 Å². The molecular formula is C27H28N4O2S. The minimum atomic E-state index is -3.56. The Hall–Kier alpha value is -3.29. The molecule has 34 heavy (non-hydrogen) atoms. The first-order valence-corrected chi connectivity index (χ1v) is 13.2. The molecule has 0 aliphatic carbocycles. The summed E-state index contributed by atoms with van der Waals surface area (Å²) in [5, 5.41) is 4.44. The number of fused-ring (bicyclic) bond motifs is 2. The number of aryl methyl sites for hydroxylation is 1. The number of nitrogens with one attached hydrogen (secondary N) is 1. The van der Waals surface area contributed by atoms with E-state index in [1.54, 1.807) is 28.8 Å². The quantitative estimate of drug-likeness (QED) is 0.386. The fourth-order valence-corrected chi connectivity index (χ4v) is 5.83. The number of benzene rings is 2. The molecule has 6 nitrogen and oxygen atoms in total. The van der Waals surface area contributed by atoms with Crippen molar-refractivity contribution in [3.8, 4) is 0 Å². The standard InChI is InChI=1S/C27H28N4O2S/c1-2-3-6-20-9-11-24(12-10-20)34(32,33)31-16-14-25-22(19-31)13-15-28-27(25)30-23-17-21-7-4-5-8-26(21)29-18-23/h4-5,7-13,15,17-18H,2-3,6,14,16,19H2,1H3,(H,28,30). The van der Waals surface area contributed by atoms with Crippen LogP contribution in [0.3, 0.4) is 0 Å². The molecular weight excluding hydrogens is 444 g/mol. The molecule has 2 aromatic carbocycles. The summed E-state index contributed by atoms with van der Waals surface area (Å²) >= 11 is 0. The molecule has 7 heteroatoms. The van der Waals surface area contributed by atoms with E-state index in [-0.39, 0.29) is 0 Å². The summed E-state index contributed by atoms with van der Waals surface area (Å²) in [5.41, 5.74) is 5.00. The molecule has 0 fully saturated rings. The topological polar surface area (TPSA) is 75.2 Å². The van der Waals surface area contributed by atoms with Gasteiger partial charge in [-0.1, -0.05) is 43.7 Å². The minimum Gasteiger partial charge on any atom is -0.339 e. The van der Waals surface area contributed by atoms with Crippen molar-refractivity contribution in [3.63, 3.8) is 0 Å². The van der Waals surface area contributed by atoms with E-state index in [1.165, 1.54) is 5.56 Å². The van der Waals surface area contributed by atoms with Gasteiger partial charge in [-0.25, -0.2) is 13.4 Å². The summed E-state index contributed by atoms with van der Waals surface area (Å²) in [5.74, 6) is 0.756. The maximum absolute atomic E-state index is 13.3. The van der Waals surface area contributed by atoms with Crippen molar-refractivity contribution in [2.45, 2.75) is 44.0 Å². The largest absolute Gasteiger partial charge is 0.339 e. The van der Waals surface area contributed by atoms with Crippen molar-refractivity contribution in [2.24, 2.45) is 0 Å². The van der Waals surface area contributed by atoms with Gasteiger partial charge in [0.2, 0.25) is 10.0 Å². The third kappa shape index (κ3) is 4.54. The van der Waals surface area contributed by atoms with Gasteiger partial charge in [0, 0.05) is 30.2 Å². The number of hydrogen-bond acceptors (Lipinski definition) is 5. The van der Waals surface area contributed by atoms with Gasteiger partial charge < -0.3 is 5.32 Å². The van der Waals surface area contributed by atoms with Crippen LogP contribution < -0.4 is 5.32 Å². The Morgan fingerprint density at radius 2 is 1.85 bits per heavy atom. The highest BCUT2D eigenvalue weighted by molar-refractivity contribution is 7.89. The lowest BCUT2D eigenvalue weighted by Crippen LogP contribution is -2.36. The van der Waals surface area contributed by atoms with Gasteiger partial charge in [-0.05, 0) is 60.7 Å². The van der Waals surface area contributed by atoms with Gasteiger partial charge in [-0.15, -0.1) is 0 Å². The maximum Gasteiger partial charge on any atom is 0.243 e. The second-order valence-electron chi connectivity index (χ2n) is 8.68. The Labute approximate surface area is 200 Å². The normalized spacial score (nSPS) is 14.1. The van der Waals surface area contributed by atoms with Gasteiger partial charge in [0.25, 0.3) is 0 Å². The van der Waals surface area contributed by atoms with Crippen LogP contribution in [0.2, 0.25) is 0 Å². The number of anilines is 2. The highest BCUT2D eigenvalue weighted by atomic mass is 32.2. The van der Waals surface area contributed by atoms with Crippen LogP contribution >= 0.6 is 0 Å². The zero-order valence-electron chi connectivity index (χ0n) is 19.2. The average molecular weight is 473 g/mol. The smallest absolute Gasteiger partial charge is 0.243 e. The summed E-state index contributed by atoms with van der Waals surface area (Å²) in [6.07, 6.45) is 7.33. The van der Waals surface area contributed by atoms with Crippen molar-refractivity contribution in [1.82, 2.24) is 14.3 Å². The SMILES string of the molecule is CCCCc1ccc(S(=O)(=O)N2CCc3c(ccnc3Nc3cnc4ccccc4c3)C2)cc1. The predicted molar refractivity (Wildman–Crippen MR) is 136 cm³/mol. The summed E-state index contributed by atoms with van der Waals surface area (Å²) in [7, 11) is -3.56. The van der Waals surface area contributed by atoms with Crippen LogP contribution in [0.1, 0.15) is 36.5 Å². The molecule has 4 aromatic rings. The first-order chi connectivity index (χ1) is 16.5. The first-order valence-electron chi connectivity index (χ1n) is 11.7. The minimum absolute atomic E-state index is 0.336. The zero-order chi connectivity index (χ0) is 23.5. The number of para-hydroxylation sites is 1. The number of pyridine rings is 2. The van der Waals surface area contributed by atoms with Crippen LogP contribution in [0.5, 0.6) is 0 Å². The van der Waals surface area contributed by atoms with Gasteiger partial charge in [0.15, 0.2) is 0 Å². The average Bonchev–Trinajstić information content (AvgIpc) is 2.87. The van der Waals surface area contributed by atoms with Crippen molar-refractivity contribution in [3.05, 3.63) is 89.7 Å². The summed E-state index contributed by atoms with van der Waals surface area (Å²) in [6.45, 7) is 2.91. The Morgan fingerprint density at radius 3 is 2.68 bits per heavy atom. The van der Waals surface area contributed by atoms with Crippen LogP contribution in [0.15, 0.2) is 78.0 Å². The molecule has 2 aromatic heterocycles. The first kappa shape index (κ1) is 22.5. The predicted octanol–water partition coefficient (Wildman–Crippen LogP) is 5.46. The molecule has 0 radical (unpaired) electrons. The van der Waals surface area contributed by atoms with E-state index >= 15 is 0 Å². The Kier molecular flexibility index (Phi) is 6.30. The van der Waals surface area contributed by atoms with Crippen molar-refractivity contribution in [1.29, 1.82) is 0 Å². The van der Waals surface area contributed by atoms with Crippen molar-refractivity contribution in [2.75, 3.05) is 11.9 Å². The lowest BCUT2D eigenvalue weighted by atomic mass is 10.0.